The SMILES string of the molecule is CCOc1ccc(CNC(=O)C(CC)Oc2cc(C)cc(C)c2)cc1. The predicted molar refractivity (Wildman–Crippen MR) is 100 cm³/mol. The second-order valence-corrected chi connectivity index (χ2v) is 6.13. The van der Waals surface area contributed by atoms with Gasteiger partial charge in [0.2, 0.25) is 0 Å². The van der Waals surface area contributed by atoms with Crippen molar-refractivity contribution in [2.75, 3.05) is 6.61 Å². The maximum absolute atomic E-state index is 12.4. The predicted octanol–water partition coefficient (Wildman–Crippen LogP) is 4.18. The van der Waals surface area contributed by atoms with Crippen molar-refractivity contribution < 1.29 is 14.3 Å². The zero-order chi connectivity index (χ0) is 18.2. The Kier molecular flexibility index (Phi) is 6.87. The number of benzene rings is 2. The molecule has 0 bridgehead atoms. The lowest BCUT2D eigenvalue weighted by Gasteiger charge is -2.18. The van der Waals surface area contributed by atoms with Crippen molar-refractivity contribution in [2.45, 2.75) is 46.8 Å². The Labute approximate surface area is 150 Å². The lowest BCUT2D eigenvalue weighted by atomic mass is 10.1. The molecule has 0 spiro atoms. The minimum Gasteiger partial charge on any atom is -0.494 e. The third-order valence-corrected chi connectivity index (χ3v) is 3.84. The van der Waals surface area contributed by atoms with Gasteiger partial charge in [0.15, 0.2) is 6.10 Å². The number of rotatable bonds is 8. The molecule has 4 heteroatoms. The van der Waals surface area contributed by atoms with Gasteiger partial charge >= 0.3 is 0 Å². The van der Waals surface area contributed by atoms with Crippen molar-refractivity contribution in [1.82, 2.24) is 5.32 Å². The van der Waals surface area contributed by atoms with E-state index in [4.69, 9.17) is 9.47 Å². The van der Waals surface area contributed by atoms with E-state index in [1.54, 1.807) is 0 Å². The first-order valence-electron chi connectivity index (χ1n) is 8.76. The van der Waals surface area contributed by atoms with E-state index in [1.165, 1.54) is 0 Å². The summed E-state index contributed by atoms with van der Waals surface area (Å²) in [5, 5.41) is 2.95. The smallest absolute Gasteiger partial charge is 0.261 e. The van der Waals surface area contributed by atoms with Crippen LogP contribution in [0.15, 0.2) is 42.5 Å². The van der Waals surface area contributed by atoms with E-state index in [9.17, 15) is 4.79 Å². The lowest BCUT2D eigenvalue weighted by molar-refractivity contribution is -0.128. The van der Waals surface area contributed by atoms with E-state index in [-0.39, 0.29) is 5.91 Å². The van der Waals surface area contributed by atoms with E-state index >= 15 is 0 Å². The van der Waals surface area contributed by atoms with Gasteiger partial charge < -0.3 is 14.8 Å². The Morgan fingerprint density at radius 3 is 2.20 bits per heavy atom. The number of carbonyl (C=O) groups excluding carboxylic acids is 1. The highest BCUT2D eigenvalue weighted by Gasteiger charge is 2.18. The minimum atomic E-state index is -0.496. The van der Waals surface area contributed by atoms with Crippen LogP contribution in [0.5, 0.6) is 11.5 Å². The molecule has 1 unspecified atom stereocenters. The Balaban J connectivity index is 1.92. The van der Waals surface area contributed by atoms with Gasteiger partial charge in [-0.05, 0) is 68.1 Å². The molecule has 0 aliphatic carbocycles. The summed E-state index contributed by atoms with van der Waals surface area (Å²) in [7, 11) is 0. The normalized spacial score (nSPS) is 11.7. The maximum Gasteiger partial charge on any atom is 0.261 e. The number of ether oxygens (including phenoxy) is 2. The molecule has 25 heavy (non-hydrogen) atoms. The largest absolute Gasteiger partial charge is 0.494 e. The Hall–Kier alpha value is -2.49. The van der Waals surface area contributed by atoms with Gasteiger partial charge in [0.05, 0.1) is 6.61 Å². The monoisotopic (exact) mass is 341 g/mol. The van der Waals surface area contributed by atoms with Crippen molar-refractivity contribution >= 4 is 5.91 Å². The highest BCUT2D eigenvalue weighted by atomic mass is 16.5. The fourth-order valence-electron chi connectivity index (χ4n) is 2.66. The molecular formula is C21H27NO3. The van der Waals surface area contributed by atoms with Crippen molar-refractivity contribution in [1.29, 1.82) is 0 Å². The molecule has 2 rings (SSSR count). The first-order valence-corrected chi connectivity index (χ1v) is 8.76. The zero-order valence-electron chi connectivity index (χ0n) is 15.5. The van der Waals surface area contributed by atoms with Crippen LogP contribution < -0.4 is 14.8 Å². The van der Waals surface area contributed by atoms with Crippen LogP contribution in [0.4, 0.5) is 0 Å². The molecule has 0 aromatic heterocycles. The summed E-state index contributed by atoms with van der Waals surface area (Å²) in [4.78, 5) is 12.4. The summed E-state index contributed by atoms with van der Waals surface area (Å²) in [6.45, 7) is 9.06. The maximum atomic E-state index is 12.4. The topological polar surface area (TPSA) is 47.6 Å². The number of aryl methyl sites for hydroxylation is 2. The quantitative estimate of drug-likeness (QED) is 0.784. The Bertz CT molecular complexity index is 675. The van der Waals surface area contributed by atoms with Crippen LogP contribution in [0.2, 0.25) is 0 Å². The van der Waals surface area contributed by atoms with Crippen LogP contribution in [-0.2, 0) is 11.3 Å². The molecule has 0 radical (unpaired) electrons. The number of amides is 1. The first kappa shape index (κ1) is 18.8. The van der Waals surface area contributed by atoms with Gasteiger partial charge in [0.1, 0.15) is 11.5 Å². The van der Waals surface area contributed by atoms with Gasteiger partial charge in [-0.1, -0.05) is 25.1 Å². The third-order valence-electron chi connectivity index (χ3n) is 3.84. The molecular weight excluding hydrogens is 314 g/mol. The minimum absolute atomic E-state index is 0.101. The molecule has 0 aliphatic heterocycles. The molecule has 134 valence electrons. The molecule has 0 saturated carbocycles. The second-order valence-electron chi connectivity index (χ2n) is 6.13. The van der Waals surface area contributed by atoms with Gasteiger partial charge in [-0.25, -0.2) is 0 Å². The van der Waals surface area contributed by atoms with E-state index in [1.807, 2.05) is 64.1 Å². The van der Waals surface area contributed by atoms with Gasteiger partial charge in [0.25, 0.3) is 5.91 Å². The summed E-state index contributed by atoms with van der Waals surface area (Å²) >= 11 is 0. The van der Waals surface area contributed by atoms with Crippen molar-refractivity contribution in [3.8, 4) is 11.5 Å². The summed E-state index contributed by atoms with van der Waals surface area (Å²) in [6, 6.07) is 13.7. The molecule has 1 atom stereocenters. The van der Waals surface area contributed by atoms with Crippen molar-refractivity contribution in [3.05, 3.63) is 59.2 Å². The van der Waals surface area contributed by atoms with Crippen LogP contribution in [-0.4, -0.2) is 18.6 Å². The molecule has 0 aliphatic rings. The van der Waals surface area contributed by atoms with Crippen LogP contribution in [0.1, 0.15) is 37.0 Å². The summed E-state index contributed by atoms with van der Waals surface area (Å²) in [5.41, 5.74) is 3.28. The van der Waals surface area contributed by atoms with Gasteiger partial charge in [-0.15, -0.1) is 0 Å². The van der Waals surface area contributed by atoms with Crippen LogP contribution in [0.3, 0.4) is 0 Å². The molecule has 0 heterocycles. The van der Waals surface area contributed by atoms with E-state index in [2.05, 4.69) is 11.4 Å². The number of carbonyl (C=O) groups is 1. The number of nitrogens with one attached hydrogen (secondary N) is 1. The third kappa shape index (κ3) is 5.82. The molecule has 0 saturated heterocycles. The molecule has 0 fully saturated rings. The van der Waals surface area contributed by atoms with Gasteiger partial charge in [-0.2, -0.15) is 0 Å². The van der Waals surface area contributed by atoms with E-state index < -0.39 is 6.10 Å². The van der Waals surface area contributed by atoms with Crippen LogP contribution >= 0.6 is 0 Å². The number of hydrogen-bond acceptors (Lipinski definition) is 3. The zero-order valence-corrected chi connectivity index (χ0v) is 15.5. The first-order chi connectivity index (χ1) is 12.0. The molecule has 2 aromatic rings. The summed E-state index contributed by atoms with van der Waals surface area (Å²) in [6.07, 6.45) is 0.117. The molecule has 1 amide bonds. The van der Waals surface area contributed by atoms with Crippen molar-refractivity contribution in [2.24, 2.45) is 0 Å². The lowest BCUT2D eigenvalue weighted by Crippen LogP contribution is -2.37. The highest BCUT2D eigenvalue weighted by molar-refractivity contribution is 5.81. The molecule has 4 nitrogen and oxygen atoms in total. The number of hydrogen-bond donors (Lipinski definition) is 1. The van der Waals surface area contributed by atoms with E-state index in [0.29, 0.717) is 19.6 Å². The fourth-order valence-corrected chi connectivity index (χ4v) is 2.66. The van der Waals surface area contributed by atoms with Crippen LogP contribution in [0.25, 0.3) is 0 Å². The Morgan fingerprint density at radius 2 is 1.64 bits per heavy atom. The van der Waals surface area contributed by atoms with Gasteiger partial charge in [-0.3, -0.25) is 4.79 Å². The second kappa shape index (κ2) is 9.11. The van der Waals surface area contributed by atoms with Crippen molar-refractivity contribution in [3.63, 3.8) is 0 Å². The fraction of sp³-hybridized carbons (Fsp3) is 0.381. The standard InChI is InChI=1S/C21H27NO3/c1-5-20(25-19-12-15(3)11-16(4)13-19)21(23)22-14-17-7-9-18(10-8-17)24-6-2/h7-13,20H,5-6,14H2,1-4H3,(H,22,23). The summed E-state index contributed by atoms with van der Waals surface area (Å²) in [5.74, 6) is 1.47. The molecule has 1 N–H and O–H groups in total. The Morgan fingerprint density at radius 1 is 1.00 bits per heavy atom. The van der Waals surface area contributed by atoms with Gasteiger partial charge in [0, 0.05) is 6.54 Å². The molecule has 2 aromatic carbocycles. The summed E-state index contributed by atoms with van der Waals surface area (Å²) < 4.78 is 11.3. The highest BCUT2D eigenvalue weighted by Crippen LogP contribution is 2.19. The van der Waals surface area contributed by atoms with E-state index in [0.717, 1.165) is 28.2 Å². The van der Waals surface area contributed by atoms with Crippen LogP contribution in [0, 0.1) is 13.8 Å². The average molecular weight is 341 g/mol. The average Bonchev–Trinajstić information content (AvgIpc) is 2.58.